The summed E-state index contributed by atoms with van der Waals surface area (Å²) in [6.45, 7) is 1.89. The number of anilines is 1. The van der Waals surface area contributed by atoms with E-state index in [0.29, 0.717) is 22.4 Å². The van der Waals surface area contributed by atoms with Crippen LogP contribution in [0.1, 0.15) is 16.1 Å². The Bertz CT molecular complexity index is 1470. The van der Waals surface area contributed by atoms with Crippen LogP contribution in [-0.4, -0.2) is 25.7 Å². The van der Waals surface area contributed by atoms with E-state index in [4.69, 9.17) is 4.42 Å². The number of benzene rings is 2. The van der Waals surface area contributed by atoms with Gasteiger partial charge in [0.25, 0.3) is 5.91 Å². The third-order valence-corrected chi connectivity index (χ3v) is 5.17. The molecule has 0 aliphatic rings. The molecule has 0 radical (unpaired) electrons. The van der Waals surface area contributed by atoms with Crippen LogP contribution in [0.4, 0.5) is 10.1 Å². The van der Waals surface area contributed by atoms with Crippen LogP contribution in [-0.2, 0) is 7.05 Å². The fourth-order valence-electron chi connectivity index (χ4n) is 3.63. The molecule has 8 heteroatoms. The first kappa shape index (κ1) is 19.6. The van der Waals surface area contributed by atoms with Crippen molar-refractivity contribution in [3.05, 3.63) is 84.1 Å². The van der Waals surface area contributed by atoms with Crippen molar-refractivity contribution in [3.8, 4) is 22.8 Å². The second-order valence-corrected chi connectivity index (χ2v) is 7.31. The highest BCUT2D eigenvalue weighted by Crippen LogP contribution is 2.30. The summed E-state index contributed by atoms with van der Waals surface area (Å²) in [6, 6.07) is 15.1. The number of aryl methyl sites for hydroxylation is 2. The maximum absolute atomic E-state index is 14.1. The number of carbonyl (C=O) groups excluding carboxylic acids is 1. The molecule has 5 rings (SSSR count). The van der Waals surface area contributed by atoms with Crippen molar-refractivity contribution in [2.24, 2.45) is 7.05 Å². The molecule has 32 heavy (non-hydrogen) atoms. The van der Waals surface area contributed by atoms with Crippen molar-refractivity contribution >= 4 is 22.6 Å². The van der Waals surface area contributed by atoms with Crippen molar-refractivity contribution in [1.82, 2.24) is 19.7 Å². The molecule has 5 aromatic rings. The number of amides is 1. The molecule has 0 bridgehead atoms. The van der Waals surface area contributed by atoms with E-state index >= 15 is 0 Å². The molecule has 3 aromatic heterocycles. The molecular formula is C24H18FN5O2. The standard InChI is InChI=1S/C24H18FN5O2/c1-14-19-11-15(12-26-22(19)30(2)29-14)28-23(31)16-7-3-4-8-17(16)24-27-13-21(32-24)18-9-5-6-10-20(18)25/h3-13H,1-2H3,(H,28,31). The van der Waals surface area contributed by atoms with E-state index in [1.165, 1.54) is 12.3 Å². The highest BCUT2D eigenvalue weighted by molar-refractivity contribution is 6.08. The number of pyridine rings is 1. The lowest BCUT2D eigenvalue weighted by atomic mass is 10.1. The largest absolute Gasteiger partial charge is 0.436 e. The first-order chi connectivity index (χ1) is 15.5. The van der Waals surface area contributed by atoms with Gasteiger partial charge >= 0.3 is 0 Å². The van der Waals surface area contributed by atoms with Crippen LogP contribution < -0.4 is 5.32 Å². The lowest BCUT2D eigenvalue weighted by Gasteiger charge is -2.08. The molecule has 0 spiro atoms. The molecule has 7 nitrogen and oxygen atoms in total. The van der Waals surface area contributed by atoms with E-state index < -0.39 is 5.82 Å². The fraction of sp³-hybridized carbons (Fsp3) is 0.0833. The third-order valence-electron chi connectivity index (χ3n) is 5.17. The number of rotatable bonds is 4. The van der Waals surface area contributed by atoms with E-state index in [9.17, 15) is 9.18 Å². The van der Waals surface area contributed by atoms with Crippen molar-refractivity contribution < 1.29 is 13.6 Å². The molecule has 158 valence electrons. The Morgan fingerprint density at radius 2 is 1.78 bits per heavy atom. The van der Waals surface area contributed by atoms with Gasteiger partial charge in [0.05, 0.1) is 34.9 Å². The molecule has 0 aliphatic heterocycles. The Morgan fingerprint density at radius 3 is 2.59 bits per heavy atom. The quantitative estimate of drug-likeness (QED) is 0.437. The van der Waals surface area contributed by atoms with Crippen LogP contribution in [0.25, 0.3) is 33.8 Å². The van der Waals surface area contributed by atoms with Crippen LogP contribution in [0.2, 0.25) is 0 Å². The monoisotopic (exact) mass is 427 g/mol. The molecule has 0 saturated heterocycles. The van der Waals surface area contributed by atoms with Crippen LogP contribution >= 0.6 is 0 Å². The Kier molecular flexibility index (Phi) is 4.74. The highest BCUT2D eigenvalue weighted by Gasteiger charge is 2.18. The highest BCUT2D eigenvalue weighted by atomic mass is 19.1. The van der Waals surface area contributed by atoms with Gasteiger partial charge in [-0.25, -0.2) is 14.4 Å². The number of hydrogen-bond acceptors (Lipinski definition) is 5. The van der Waals surface area contributed by atoms with Gasteiger partial charge in [-0.15, -0.1) is 0 Å². The van der Waals surface area contributed by atoms with Crippen molar-refractivity contribution in [3.63, 3.8) is 0 Å². The van der Waals surface area contributed by atoms with Crippen molar-refractivity contribution in [2.45, 2.75) is 6.92 Å². The molecule has 0 unspecified atom stereocenters. The minimum absolute atomic E-state index is 0.227. The molecule has 3 heterocycles. The number of nitrogens with zero attached hydrogens (tertiary/aromatic N) is 4. The minimum atomic E-state index is -0.408. The van der Waals surface area contributed by atoms with Gasteiger partial charge in [-0.3, -0.25) is 9.48 Å². The second-order valence-electron chi connectivity index (χ2n) is 7.31. The molecule has 0 aliphatic carbocycles. The van der Waals surface area contributed by atoms with E-state index in [1.54, 1.807) is 53.3 Å². The Labute approximate surface area is 182 Å². The van der Waals surface area contributed by atoms with Crippen LogP contribution in [0, 0.1) is 12.7 Å². The average molecular weight is 427 g/mol. The zero-order chi connectivity index (χ0) is 22.2. The molecule has 1 amide bonds. The first-order valence-electron chi connectivity index (χ1n) is 9.92. The number of fused-ring (bicyclic) bond motifs is 1. The van der Waals surface area contributed by atoms with Gasteiger partial charge in [0, 0.05) is 18.0 Å². The lowest BCUT2D eigenvalue weighted by Crippen LogP contribution is -2.13. The van der Waals surface area contributed by atoms with E-state index in [-0.39, 0.29) is 17.6 Å². The van der Waals surface area contributed by atoms with Crippen LogP contribution in [0.15, 0.2) is 71.4 Å². The average Bonchev–Trinajstić information content (AvgIpc) is 3.39. The van der Waals surface area contributed by atoms with Gasteiger partial charge < -0.3 is 9.73 Å². The van der Waals surface area contributed by atoms with Gasteiger partial charge in [-0.05, 0) is 37.3 Å². The molecule has 1 N–H and O–H groups in total. The van der Waals surface area contributed by atoms with E-state index in [0.717, 1.165) is 16.7 Å². The van der Waals surface area contributed by atoms with Crippen molar-refractivity contribution in [1.29, 1.82) is 0 Å². The molecule has 0 atom stereocenters. The van der Waals surface area contributed by atoms with Gasteiger partial charge in [-0.2, -0.15) is 5.10 Å². The summed E-state index contributed by atoms with van der Waals surface area (Å²) in [5, 5.41) is 8.09. The van der Waals surface area contributed by atoms with Gasteiger partial charge in [0.1, 0.15) is 5.82 Å². The predicted molar refractivity (Wildman–Crippen MR) is 119 cm³/mol. The normalized spacial score (nSPS) is 11.1. The summed E-state index contributed by atoms with van der Waals surface area (Å²) in [4.78, 5) is 21.7. The number of halogens is 1. The Balaban J connectivity index is 1.47. The summed E-state index contributed by atoms with van der Waals surface area (Å²) in [6.07, 6.45) is 3.04. The summed E-state index contributed by atoms with van der Waals surface area (Å²) < 4.78 is 21.6. The zero-order valence-electron chi connectivity index (χ0n) is 17.3. The summed E-state index contributed by atoms with van der Waals surface area (Å²) >= 11 is 0. The topological polar surface area (TPSA) is 85.8 Å². The number of carbonyl (C=O) groups is 1. The fourth-order valence-corrected chi connectivity index (χ4v) is 3.63. The maximum atomic E-state index is 14.1. The first-order valence-corrected chi connectivity index (χ1v) is 9.92. The van der Waals surface area contributed by atoms with Gasteiger partial charge in [0.2, 0.25) is 5.89 Å². The SMILES string of the molecule is Cc1nn(C)c2ncc(NC(=O)c3ccccc3-c3ncc(-c4ccccc4F)o3)cc12. The number of hydrogen-bond donors (Lipinski definition) is 1. The zero-order valence-corrected chi connectivity index (χ0v) is 17.3. The Hall–Kier alpha value is -4.33. The summed E-state index contributed by atoms with van der Waals surface area (Å²) in [5.74, 6) is -0.232. The van der Waals surface area contributed by atoms with Gasteiger partial charge in [-0.1, -0.05) is 24.3 Å². The molecular weight excluding hydrogens is 409 g/mol. The molecule has 0 fully saturated rings. The van der Waals surface area contributed by atoms with Crippen molar-refractivity contribution in [2.75, 3.05) is 5.32 Å². The number of nitrogens with one attached hydrogen (secondary N) is 1. The summed E-state index contributed by atoms with van der Waals surface area (Å²) in [7, 11) is 1.82. The number of oxazole rings is 1. The van der Waals surface area contributed by atoms with E-state index in [1.807, 2.05) is 20.0 Å². The number of aromatic nitrogens is 4. The maximum Gasteiger partial charge on any atom is 0.256 e. The van der Waals surface area contributed by atoms with E-state index in [2.05, 4.69) is 20.4 Å². The summed E-state index contributed by atoms with van der Waals surface area (Å²) in [5.41, 5.74) is 3.29. The predicted octanol–water partition coefficient (Wildman–Crippen LogP) is 4.99. The van der Waals surface area contributed by atoms with Crippen LogP contribution in [0.3, 0.4) is 0 Å². The minimum Gasteiger partial charge on any atom is -0.436 e. The Morgan fingerprint density at radius 1 is 1.03 bits per heavy atom. The second kappa shape index (κ2) is 7.73. The van der Waals surface area contributed by atoms with Crippen LogP contribution in [0.5, 0.6) is 0 Å². The van der Waals surface area contributed by atoms with Gasteiger partial charge in [0.15, 0.2) is 11.4 Å². The molecule has 2 aromatic carbocycles. The smallest absolute Gasteiger partial charge is 0.256 e. The third kappa shape index (κ3) is 3.41. The molecule has 0 saturated carbocycles. The lowest BCUT2D eigenvalue weighted by molar-refractivity contribution is 0.102.